The Morgan fingerprint density at radius 2 is 1.83 bits per heavy atom. The summed E-state index contributed by atoms with van der Waals surface area (Å²) in [4.78, 5) is 0. The van der Waals surface area contributed by atoms with Crippen molar-refractivity contribution in [2.45, 2.75) is 6.92 Å². The van der Waals surface area contributed by atoms with Crippen LogP contribution < -0.4 is 0 Å². The van der Waals surface area contributed by atoms with Crippen LogP contribution in [0.3, 0.4) is 0 Å². The summed E-state index contributed by atoms with van der Waals surface area (Å²) >= 11 is 5.82. The van der Waals surface area contributed by atoms with Gasteiger partial charge in [0.15, 0.2) is 0 Å². The van der Waals surface area contributed by atoms with Crippen LogP contribution in [0.1, 0.15) is 5.69 Å². The molecule has 5 nitrogen and oxygen atoms in total. The van der Waals surface area contributed by atoms with Gasteiger partial charge in [-0.3, -0.25) is 5.10 Å². The van der Waals surface area contributed by atoms with Gasteiger partial charge in [-0.1, -0.05) is 11.6 Å². The second-order valence-electron chi connectivity index (χ2n) is 3.86. The Bertz CT molecular complexity index is 671. The van der Waals surface area contributed by atoms with Crippen molar-refractivity contribution >= 4 is 11.6 Å². The molecule has 0 saturated heterocycles. The summed E-state index contributed by atoms with van der Waals surface area (Å²) in [5.74, 6) is 0.839. The minimum Gasteiger partial charge on any atom is -0.415 e. The molecule has 0 spiro atoms. The van der Waals surface area contributed by atoms with E-state index < -0.39 is 0 Å². The molecule has 3 aromatic rings. The van der Waals surface area contributed by atoms with Gasteiger partial charge in [-0.05, 0) is 37.3 Å². The lowest BCUT2D eigenvalue weighted by Crippen LogP contribution is -1.77. The Kier molecular flexibility index (Phi) is 2.60. The topological polar surface area (TPSA) is 67.6 Å². The minimum atomic E-state index is 0.393. The van der Waals surface area contributed by atoms with Crippen LogP contribution in [0.2, 0.25) is 5.02 Å². The molecule has 90 valence electrons. The first-order valence-electron chi connectivity index (χ1n) is 5.34. The first-order chi connectivity index (χ1) is 8.72. The van der Waals surface area contributed by atoms with Gasteiger partial charge < -0.3 is 4.42 Å². The Morgan fingerprint density at radius 1 is 1.11 bits per heavy atom. The monoisotopic (exact) mass is 260 g/mol. The smallest absolute Gasteiger partial charge is 0.268 e. The highest BCUT2D eigenvalue weighted by atomic mass is 35.5. The van der Waals surface area contributed by atoms with Crippen LogP contribution in [0.5, 0.6) is 0 Å². The van der Waals surface area contributed by atoms with Crippen molar-refractivity contribution in [2.75, 3.05) is 0 Å². The van der Waals surface area contributed by atoms with E-state index in [1.54, 1.807) is 12.1 Å². The third kappa shape index (κ3) is 2.00. The number of benzene rings is 1. The van der Waals surface area contributed by atoms with E-state index in [0.717, 1.165) is 11.3 Å². The fraction of sp³-hybridized carbons (Fsp3) is 0.0833. The SMILES string of the molecule is Cc1cc(-c2nnc(-c3ccc(Cl)cc3)o2)n[nH]1. The average Bonchev–Trinajstić information content (AvgIpc) is 2.98. The van der Waals surface area contributed by atoms with Gasteiger partial charge in [0.25, 0.3) is 5.89 Å². The fourth-order valence-corrected chi connectivity index (χ4v) is 1.69. The lowest BCUT2D eigenvalue weighted by molar-refractivity contribution is 0.582. The number of aryl methyl sites for hydroxylation is 1. The van der Waals surface area contributed by atoms with E-state index in [1.165, 1.54) is 0 Å². The van der Waals surface area contributed by atoms with Crippen molar-refractivity contribution < 1.29 is 4.42 Å². The number of rotatable bonds is 2. The summed E-state index contributed by atoms with van der Waals surface area (Å²) < 4.78 is 5.56. The molecular weight excluding hydrogens is 252 g/mol. The minimum absolute atomic E-state index is 0.393. The van der Waals surface area contributed by atoms with Crippen LogP contribution in [0.15, 0.2) is 34.7 Å². The normalized spacial score (nSPS) is 10.8. The van der Waals surface area contributed by atoms with Crippen LogP contribution in [-0.2, 0) is 0 Å². The van der Waals surface area contributed by atoms with Crippen LogP contribution in [0.25, 0.3) is 23.0 Å². The highest BCUT2D eigenvalue weighted by Gasteiger charge is 2.12. The van der Waals surface area contributed by atoms with E-state index >= 15 is 0 Å². The van der Waals surface area contributed by atoms with Gasteiger partial charge in [0.1, 0.15) is 5.69 Å². The summed E-state index contributed by atoms with van der Waals surface area (Å²) in [7, 11) is 0. The summed E-state index contributed by atoms with van der Waals surface area (Å²) in [5.41, 5.74) is 2.40. The van der Waals surface area contributed by atoms with Gasteiger partial charge in [-0.2, -0.15) is 5.10 Å². The molecule has 0 aliphatic carbocycles. The Morgan fingerprint density at radius 3 is 2.50 bits per heavy atom. The fourth-order valence-electron chi connectivity index (χ4n) is 1.56. The maximum absolute atomic E-state index is 5.82. The van der Waals surface area contributed by atoms with E-state index in [1.807, 2.05) is 25.1 Å². The number of hydrogen-bond donors (Lipinski definition) is 1. The Labute approximate surface area is 108 Å². The first-order valence-corrected chi connectivity index (χ1v) is 5.72. The number of H-pyrrole nitrogens is 1. The number of nitrogens with zero attached hydrogens (tertiary/aromatic N) is 3. The predicted octanol–water partition coefficient (Wildman–Crippen LogP) is 3.09. The third-order valence-corrected chi connectivity index (χ3v) is 2.69. The van der Waals surface area contributed by atoms with Crippen LogP contribution in [0, 0.1) is 6.92 Å². The molecule has 0 radical (unpaired) electrons. The van der Waals surface area contributed by atoms with E-state index in [9.17, 15) is 0 Å². The van der Waals surface area contributed by atoms with E-state index in [-0.39, 0.29) is 0 Å². The van der Waals surface area contributed by atoms with E-state index in [0.29, 0.717) is 22.5 Å². The predicted molar refractivity (Wildman–Crippen MR) is 67.1 cm³/mol. The zero-order chi connectivity index (χ0) is 12.5. The summed E-state index contributed by atoms with van der Waals surface area (Å²) in [6.07, 6.45) is 0. The number of halogens is 1. The molecule has 0 saturated carbocycles. The molecule has 0 aliphatic heterocycles. The maximum Gasteiger partial charge on any atom is 0.268 e. The largest absolute Gasteiger partial charge is 0.415 e. The molecule has 1 aromatic carbocycles. The van der Waals surface area contributed by atoms with Crippen molar-refractivity contribution in [3.8, 4) is 23.0 Å². The Hall–Kier alpha value is -2.14. The molecule has 0 amide bonds. The van der Waals surface area contributed by atoms with Gasteiger partial charge in [-0.25, -0.2) is 0 Å². The number of aromatic amines is 1. The zero-order valence-corrected chi connectivity index (χ0v) is 10.3. The molecule has 3 rings (SSSR count). The molecular formula is C12H9ClN4O. The van der Waals surface area contributed by atoms with Crippen LogP contribution in [-0.4, -0.2) is 20.4 Å². The maximum atomic E-state index is 5.82. The standard InChI is InChI=1S/C12H9ClN4O/c1-7-6-10(15-14-7)12-17-16-11(18-12)8-2-4-9(13)5-3-8/h2-6H,1H3,(H,14,15). The average molecular weight is 261 g/mol. The van der Waals surface area contributed by atoms with Crippen LogP contribution in [0.4, 0.5) is 0 Å². The quantitative estimate of drug-likeness (QED) is 0.769. The third-order valence-electron chi connectivity index (χ3n) is 2.44. The summed E-state index contributed by atoms with van der Waals surface area (Å²) in [6, 6.07) is 9.06. The summed E-state index contributed by atoms with van der Waals surface area (Å²) in [6.45, 7) is 1.91. The van der Waals surface area contributed by atoms with Crippen molar-refractivity contribution in [3.63, 3.8) is 0 Å². The highest BCUT2D eigenvalue weighted by molar-refractivity contribution is 6.30. The molecule has 1 N–H and O–H groups in total. The molecule has 0 fully saturated rings. The molecule has 2 heterocycles. The molecule has 0 atom stereocenters. The molecule has 0 bridgehead atoms. The Balaban J connectivity index is 1.96. The molecule has 0 aliphatic rings. The van der Waals surface area contributed by atoms with Crippen molar-refractivity contribution in [1.29, 1.82) is 0 Å². The number of hydrogen-bond acceptors (Lipinski definition) is 4. The van der Waals surface area contributed by atoms with E-state index in [2.05, 4.69) is 20.4 Å². The zero-order valence-electron chi connectivity index (χ0n) is 9.51. The number of aromatic nitrogens is 4. The molecule has 6 heteroatoms. The molecule has 0 unspecified atom stereocenters. The van der Waals surface area contributed by atoms with E-state index in [4.69, 9.17) is 16.0 Å². The lowest BCUT2D eigenvalue weighted by Gasteiger charge is -1.93. The van der Waals surface area contributed by atoms with Crippen LogP contribution >= 0.6 is 11.6 Å². The molecule has 2 aromatic heterocycles. The summed E-state index contributed by atoms with van der Waals surface area (Å²) in [5, 5.41) is 15.5. The van der Waals surface area contributed by atoms with Gasteiger partial charge in [-0.15, -0.1) is 10.2 Å². The lowest BCUT2D eigenvalue weighted by atomic mass is 10.2. The number of nitrogens with one attached hydrogen (secondary N) is 1. The van der Waals surface area contributed by atoms with Crippen molar-refractivity contribution in [1.82, 2.24) is 20.4 Å². The van der Waals surface area contributed by atoms with Crippen molar-refractivity contribution in [2.24, 2.45) is 0 Å². The second-order valence-corrected chi connectivity index (χ2v) is 4.29. The second kappa shape index (κ2) is 4.27. The molecule has 18 heavy (non-hydrogen) atoms. The van der Waals surface area contributed by atoms with Crippen molar-refractivity contribution in [3.05, 3.63) is 41.0 Å². The first kappa shape index (κ1) is 11.0. The van der Waals surface area contributed by atoms with Gasteiger partial charge in [0, 0.05) is 16.3 Å². The highest BCUT2D eigenvalue weighted by Crippen LogP contribution is 2.23. The van der Waals surface area contributed by atoms with Gasteiger partial charge >= 0.3 is 0 Å². The van der Waals surface area contributed by atoms with Gasteiger partial charge in [0.2, 0.25) is 5.89 Å². The van der Waals surface area contributed by atoms with Gasteiger partial charge in [0.05, 0.1) is 0 Å².